The van der Waals surface area contributed by atoms with E-state index in [1.807, 2.05) is 48.5 Å². The average molecular weight is 593 g/mol. The molecule has 0 radical (unpaired) electrons. The van der Waals surface area contributed by atoms with Gasteiger partial charge in [0.2, 0.25) is 11.7 Å². The molecular formula is C30H36N6O7. The molecule has 2 aromatic rings. The molecule has 0 saturated carbocycles. The van der Waals surface area contributed by atoms with Crippen LogP contribution >= 0.6 is 0 Å². The number of hydrogen-bond acceptors (Lipinski definition) is 7. The molecule has 13 nitrogen and oxygen atoms in total. The number of alkyl carbamates (subject to hydrolysis) is 1. The lowest BCUT2D eigenvalue weighted by atomic mass is 9.98. The third-order valence-corrected chi connectivity index (χ3v) is 6.76. The first-order chi connectivity index (χ1) is 20.6. The number of carbonyl (C=O) groups excluding carboxylic acids is 5. The molecule has 0 heterocycles. The molecule has 2 aromatic carbocycles. The highest BCUT2D eigenvalue weighted by Crippen LogP contribution is 2.44. The van der Waals surface area contributed by atoms with E-state index >= 15 is 0 Å². The maximum Gasteiger partial charge on any atom is 0.407 e. The van der Waals surface area contributed by atoms with Gasteiger partial charge in [-0.3, -0.25) is 9.59 Å². The van der Waals surface area contributed by atoms with Crippen molar-refractivity contribution in [2.45, 2.75) is 63.6 Å². The minimum atomic E-state index is -1.22. The van der Waals surface area contributed by atoms with Crippen LogP contribution in [0.15, 0.2) is 48.5 Å². The van der Waals surface area contributed by atoms with E-state index in [-0.39, 0.29) is 44.8 Å². The number of benzene rings is 2. The molecule has 3 rings (SSSR count). The molecule has 0 unspecified atom stereocenters. The van der Waals surface area contributed by atoms with Crippen LogP contribution < -0.4 is 21.7 Å². The molecule has 4 amide bonds. The van der Waals surface area contributed by atoms with Gasteiger partial charge >= 0.3 is 24.3 Å². The van der Waals surface area contributed by atoms with E-state index in [9.17, 15) is 24.0 Å². The van der Waals surface area contributed by atoms with E-state index in [1.165, 1.54) is 0 Å². The summed E-state index contributed by atoms with van der Waals surface area (Å²) in [6, 6.07) is 12.6. The third kappa shape index (κ3) is 9.50. The van der Waals surface area contributed by atoms with Gasteiger partial charge in [0.15, 0.2) is 0 Å². The first-order valence-corrected chi connectivity index (χ1v) is 14.0. The molecule has 0 aliphatic heterocycles. The number of ether oxygens (including phenoxy) is 2. The van der Waals surface area contributed by atoms with Crippen molar-refractivity contribution in [3.63, 3.8) is 0 Å². The highest BCUT2D eigenvalue weighted by Gasteiger charge is 2.31. The van der Waals surface area contributed by atoms with Gasteiger partial charge in [0, 0.05) is 18.9 Å². The van der Waals surface area contributed by atoms with Crippen LogP contribution in [0.5, 0.6) is 0 Å². The zero-order valence-electron chi connectivity index (χ0n) is 24.1. The molecule has 43 heavy (non-hydrogen) atoms. The van der Waals surface area contributed by atoms with Gasteiger partial charge in [-0.05, 0) is 55.4 Å². The highest BCUT2D eigenvalue weighted by molar-refractivity contribution is 6.25. The van der Waals surface area contributed by atoms with Crippen LogP contribution in [-0.2, 0) is 23.9 Å². The number of esters is 1. The third-order valence-electron chi connectivity index (χ3n) is 6.76. The number of nitrogens with zero attached hydrogens (tertiary/aromatic N) is 2. The van der Waals surface area contributed by atoms with Gasteiger partial charge in [-0.1, -0.05) is 48.5 Å². The van der Waals surface area contributed by atoms with Crippen LogP contribution in [0.1, 0.15) is 56.6 Å². The van der Waals surface area contributed by atoms with Crippen LogP contribution in [0.4, 0.5) is 9.59 Å². The maximum absolute atomic E-state index is 13.3. The molecule has 0 bridgehead atoms. The van der Waals surface area contributed by atoms with Gasteiger partial charge in [0.05, 0.1) is 6.10 Å². The lowest BCUT2D eigenvalue weighted by Crippen LogP contribution is -2.52. The second-order valence-electron chi connectivity index (χ2n) is 10.3. The summed E-state index contributed by atoms with van der Waals surface area (Å²) in [6.45, 7) is 3.43. The smallest absolute Gasteiger partial charge is 0.407 e. The number of rotatable bonds is 15. The van der Waals surface area contributed by atoms with Crippen molar-refractivity contribution in [1.82, 2.24) is 16.0 Å². The average Bonchev–Trinajstić information content (AvgIpc) is 3.28. The number of Topliss-reactive ketones (excluding diaryl/α,β-unsaturated/α-hetero) is 1. The maximum atomic E-state index is 13.3. The van der Waals surface area contributed by atoms with Crippen molar-refractivity contribution in [3.05, 3.63) is 65.2 Å². The van der Waals surface area contributed by atoms with Crippen molar-refractivity contribution >= 4 is 36.0 Å². The number of carbonyl (C=O) groups is 5. The van der Waals surface area contributed by atoms with E-state index in [1.54, 1.807) is 13.8 Å². The van der Waals surface area contributed by atoms with Gasteiger partial charge in [0.25, 0.3) is 0 Å². The lowest BCUT2D eigenvalue weighted by Gasteiger charge is -2.23. The van der Waals surface area contributed by atoms with Gasteiger partial charge in [-0.2, -0.15) is 4.79 Å². The van der Waals surface area contributed by atoms with Crippen LogP contribution in [0.2, 0.25) is 0 Å². The second kappa shape index (κ2) is 15.8. The molecule has 5 N–H and O–H groups in total. The van der Waals surface area contributed by atoms with Crippen molar-refractivity contribution in [3.8, 4) is 11.1 Å². The Labute approximate surface area is 249 Å². The van der Waals surface area contributed by atoms with E-state index < -0.39 is 48.0 Å². The number of hydrogen-bond donors (Lipinski definition) is 4. The fourth-order valence-electron chi connectivity index (χ4n) is 4.82. The molecule has 2 atom stereocenters. The number of ketones is 1. The number of primary amides is 1. The molecule has 1 aliphatic rings. The van der Waals surface area contributed by atoms with Crippen molar-refractivity contribution in [2.24, 2.45) is 5.73 Å². The van der Waals surface area contributed by atoms with Crippen LogP contribution in [0.3, 0.4) is 0 Å². The number of urea groups is 1. The van der Waals surface area contributed by atoms with Crippen LogP contribution in [-0.4, -0.2) is 72.1 Å². The standard InChI is InChI=1S/C30H36N6O7/c1-18(2)43-28(39)26(14-13-19(37)16-34-32)35-27(38)25(12-7-15-33-29(31)40)36-30(41)42-17-24-22-10-5-3-8-20(22)21-9-4-6-11-23(21)24/h3-6,8-11,16,18,24-26H,7,12-15,17H2,1-2H3,(H,35,38)(H,36,41)(H3,31,33,40)/t25-,26-/m0/s1. The normalized spacial score (nSPS) is 13.0. The predicted octanol–water partition coefficient (Wildman–Crippen LogP) is 2.43. The summed E-state index contributed by atoms with van der Waals surface area (Å²) in [5.74, 6) is -2.25. The predicted molar refractivity (Wildman–Crippen MR) is 156 cm³/mol. The Morgan fingerprint density at radius 1 is 0.953 bits per heavy atom. The fraction of sp³-hybridized carbons (Fsp3) is 0.400. The Balaban J connectivity index is 1.70. The van der Waals surface area contributed by atoms with Gasteiger partial charge in [0.1, 0.15) is 18.7 Å². The Morgan fingerprint density at radius 2 is 1.58 bits per heavy atom. The molecule has 0 aromatic heterocycles. The lowest BCUT2D eigenvalue weighted by molar-refractivity contribution is -0.151. The Bertz CT molecular complexity index is 1340. The number of amides is 4. The SMILES string of the molecule is CC(C)OC(=O)[C@H](CCC(=O)C=[N+]=[N-])NC(=O)[C@H](CCCNC(N)=O)NC(=O)OCC1c2ccccc2-c2ccccc21. The summed E-state index contributed by atoms with van der Waals surface area (Å²) in [4.78, 5) is 64.5. The zero-order valence-corrected chi connectivity index (χ0v) is 24.1. The molecular weight excluding hydrogens is 556 g/mol. The minimum Gasteiger partial charge on any atom is -0.461 e. The van der Waals surface area contributed by atoms with Crippen molar-refractivity contribution < 1.29 is 38.2 Å². The minimum absolute atomic E-state index is 0.0231. The van der Waals surface area contributed by atoms with Crippen molar-refractivity contribution in [2.75, 3.05) is 13.2 Å². The van der Waals surface area contributed by atoms with E-state index in [0.29, 0.717) is 6.21 Å². The first-order valence-electron chi connectivity index (χ1n) is 14.0. The molecule has 1 aliphatic carbocycles. The Kier molecular flexibility index (Phi) is 12.0. The zero-order chi connectivity index (χ0) is 31.4. The summed E-state index contributed by atoms with van der Waals surface area (Å²) in [7, 11) is 0. The topological polar surface area (TPSA) is 202 Å². The van der Waals surface area contributed by atoms with Crippen LogP contribution in [0.25, 0.3) is 16.7 Å². The Hall–Kier alpha value is -5.03. The Morgan fingerprint density at radius 3 is 2.16 bits per heavy atom. The van der Waals surface area contributed by atoms with Crippen molar-refractivity contribution in [1.29, 1.82) is 0 Å². The molecule has 228 valence electrons. The van der Waals surface area contributed by atoms with Gasteiger partial charge < -0.3 is 36.7 Å². The number of nitrogens with one attached hydrogen (secondary N) is 3. The summed E-state index contributed by atoms with van der Waals surface area (Å²) in [5.41, 5.74) is 17.9. The highest BCUT2D eigenvalue weighted by atomic mass is 16.6. The molecule has 0 spiro atoms. The monoisotopic (exact) mass is 592 g/mol. The van der Waals surface area contributed by atoms with Gasteiger partial charge in [-0.15, -0.1) is 0 Å². The van der Waals surface area contributed by atoms with E-state index in [4.69, 9.17) is 20.7 Å². The summed E-state index contributed by atoms with van der Waals surface area (Å²) >= 11 is 0. The molecule has 0 fully saturated rings. The van der Waals surface area contributed by atoms with E-state index in [2.05, 4.69) is 20.7 Å². The van der Waals surface area contributed by atoms with Crippen LogP contribution in [0, 0.1) is 0 Å². The number of nitrogens with two attached hydrogens (primary N) is 1. The van der Waals surface area contributed by atoms with Gasteiger partial charge in [-0.25, -0.2) is 14.4 Å². The quantitative estimate of drug-likeness (QED) is 0.0799. The van der Waals surface area contributed by atoms with E-state index in [0.717, 1.165) is 22.3 Å². The fourth-order valence-corrected chi connectivity index (χ4v) is 4.82. The molecule has 0 saturated heterocycles. The summed E-state index contributed by atoms with van der Waals surface area (Å²) < 4.78 is 10.8. The summed E-state index contributed by atoms with van der Waals surface area (Å²) in [5, 5.41) is 7.52. The summed E-state index contributed by atoms with van der Waals surface area (Å²) in [6.07, 6.45) is -0.662. The molecule has 13 heteroatoms. The second-order valence-corrected chi connectivity index (χ2v) is 10.3. The number of fused-ring (bicyclic) bond motifs is 3. The largest absolute Gasteiger partial charge is 0.461 e. The first kappa shape index (κ1) is 32.5.